The molecule has 0 atom stereocenters. The fourth-order valence-electron chi connectivity index (χ4n) is 1.11. The SMILES string of the molecule is Cc1ccc(N(C)N=CC(C#N)C#N)cc1Cl. The molecule has 86 valence electrons. The van der Waals surface area contributed by atoms with Gasteiger partial charge in [-0.1, -0.05) is 17.7 Å². The number of hydrazone groups is 1. The molecule has 1 aromatic rings. The molecule has 0 saturated heterocycles. The molecule has 5 heteroatoms. The predicted octanol–water partition coefficient (Wildman–Crippen LogP) is 2.73. The van der Waals surface area contributed by atoms with Crippen molar-refractivity contribution in [1.29, 1.82) is 10.5 Å². The van der Waals surface area contributed by atoms with Crippen LogP contribution < -0.4 is 5.01 Å². The van der Waals surface area contributed by atoms with Crippen LogP contribution in [0.25, 0.3) is 0 Å². The molecule has 1 aromatic carbocycles. The third-order valence-electron chi connectivity index (χ3n) is 2.20. The van der Waals surface area contributed by atoms with Gasteiger partial charge < -0.3 is 0 Å². The van der Waals surface area contributed by atoms with Crippen LogP contribution in [0.15, 0.2) is 23.3 Å². The number of hydrogen-bond acceptors (Lipinski definition) is 4. The summed E-state index contributed by atoms with van der Waals surface area (Å²) in [6.45, 7) is 1.91. The molecule has 0 bridgehead atoms. The van der Waals surface area contributed by atoms with E-state index in [0.29, 0.717) is 5.02 Å². The van der Waals surface area contributed by atoms with Gasteiger partial charge in [-0.2, -0.15) is 15.6 Å². The lowest BCUT2D eigenvalue weighted by Crippen LogP contribution is -2.10. The molecule has 0 spiro atoms. The zero-order chi connectivity index (χ0) is 12.8. The van der Waals surface area contributed by atoms with Crippen molar-refractivity contribution in [2.24, 2.45) is 11.0 Å². The normalized spacial score (nSPS) is 10.2. The van der Waals surface area contributed by atoms with Crippen molar-refractivity contribution in [3.8, 4) is 12.1 Å². The smallest absolute Gasteiger partial charge is 0.169 e. The predicted molar refractivity (Wildman–Crippen MR) is 67.8 cm³/mol. The maximum Gasteiger partial charge on any atom is 0.169 e. The van der Waals surface area contributed by atoms with Gasteiger partial charge in [0.1, 0.15) is 0 Å². The van der Waals surface area contributed by atoms with E-state index in [4.69, 9.17) is 22.1 Å². The number of nitriles is 2. The van der Waals surface area contributed by atoms with Crippen molar-refractivity contribution in [2.45, 2.75) is 6.92 Å². The molecular formula is C12H11ClN4. The second kappa shape index (κ2) is 5.89. The molecule has 0 N–H and O–H groups in total. The van der Waals surface area contributed by atoms with E-state index in [1.54, 1.807) is 18.1 Å². The van der Waals surface area contributed by atoms with Gasteiger partial charge in [0.2, 0.25) is 0 Å². The minimum Gasteiger partial charge on any atom is -0.269 e. The summed E-state index contributed by atoms with van der Waals surface area (Å²) in [6.07, 6.45) is 1.30. The Bertz CT molecular complexity index is 496. The van der Waals surface area contributed by atoms with E-state index in [9.17, 15) is 0 Å². The van der Waals surface area contributed by atoms with Crippen molar-refractivity contribution in [3.05, 3.63) is 28.8 Å². The minimum absolute atomic E-state index is 0.654. The molecule has 17 heavy (non-hydrogen) atoms. The highest BCUT2D eigenvalue weighted by Crippen LogP contribution is 2.22. The van der Waals surface area contributed by atoms with Crippen molar-refractivity contribution in [1.82, 2.24) is 0 Å². The summed E-state index contributed by atoms with van der Waals surface area (Å²) in [6, 6.07) is 9.16. The molecule has 0 unspecified atom stereocenters. The summed E-state index contributed by atoms with van der Waals surface area (Å²) in [7, 11) is 1.73. The van der Waals surface area contributed by atoms with E-state index in [1.165, 1.54) is 6.21 Å². The van der Waals surface area contributed by atoms with Crippen molar-refractivity contribution in [3.63, 3.8) is 0 Å². The second-order valence-corrected chi connectivity index (χ2v) is 3.86. The van der Waals surface area contributed by atoms with Crippen LogP contribution in [-0.4, -0.2) is 13.3 Å². The lowest BCUT2D eigenvalue weighted by atomic mass is 10.2. The van der Waals surface area contributed by atoms with E-state index < -0.39 is 5.92 Å². The van der Waals surface area contributed by atoms with Gasteiger partial charge in [0, 0.05) is 12.1 Å². The number of nitrogens with zero attached hydrogens (tertiary/aromatic N) is 4. The van der Waals surface area contributed by atoms with Crippen LogP contribution in [0.5, 0.6) is 0 Å². The van der Waals surface area contributed by atoms with Crippen LogP contribution in [-0.2, 0) is 0 Å². The summed E-state index contributed by atoms with van der Waals surface area (Å²) >= 11 is 5.99. The van der Waals surface area contributed by atoms with Crippen LogP contribution in [0.3, 0.4) is 0 Å². The van der Waals surface area contributed by atoms with E-state index in [-0.39, 0.29) is 0 Å². The maximum atomic E-state index is 8.59. The van der Waals surface area contributed by atoms with E-state index in [1.807, 2.05) is 31.2 Å². The molecule has 0 aromatic heterocycles. The Morgan fingerprint density at radius 1 is 1.41 bits per heavy atom. The quantitative estimate of drug-likeness (QED) is 0.609. The van der Waals surface area contributed by atoms with Crippen molar-refractivity contribution in [2.75, 3.05) is 12.1 Å². The molecule has 0 aliphatic carbocycles. The summed E-state index contributed by atoms with van der Waals surface area (Å²) in [5, 5.41) is 23.4. The van der Waals surface area contributed by atoms with Crippen LogP contribution in [0, 0.1) is 35.5 Å². The highest BCUT2D eigenvalue weighted by atomic mass is 35.5. The van der Waals surface area contributed by atoms with Gasteiger partial charge >= 0.3 is 0 Å². The molecule has 0 amide bonds. The number of benzene rings is 1. The van der Waals surface area contributed by atoms with E-state index in [2.05, 4.69) is 5.10 Å². The Morgan fingerprint density at radius 3 is 2.59 bits per heavy atom. The summed E-state index contributed by atoms with van der Waals surface area (Å²) in [4.78, 5) is 0. The first-order chi connectivity index (χ1) is 8.08. The summed E-state index contributed by atoms with van der Waals surface area (Å²) < 4.78 is 0. The molecule has 0 aliphatic heterocycles. The van der Waals surface area contributed by atoms with E-state index >= 15 is 0 Å². The van der Waals surface area contributed by atoms with Crippen LogP contribution in [0.4, 0.5) is 5.69 Å². The molecule has 4 nitrogen and oxygen atoms in total. The minimum atomic E-state index is -0.835. The fraction of sp³-hybridized carbons (Fsp3) is 0.250. The van der Waals surface area contributed by atoms with E-state index in [0.717, 1.165) is 11.3 Å². The number of aryl methyl sites for hydroxylation is 1. The fourth-order valence-corrected chi connectivity index (χ4v) is 1.29. The Balaban J connectivity index is 2.84. The zero-order valence-corrected chi connectivity index (χ0v) is 10.3. The van der Waals surface area contributed by atoms with Gasteiger partial charge in [0.25, 0.3) is 0 Å². The molecular weight excluding hydrogens is 236 g/mol. The number of halogens is 1. The lowest BCUT2D eigenvalue weighted by Gasteiger charge is -2.13. The van der Waals surface area contributed by atoms with Crippen molar-refractivity contribution < 1.29 is 0 Å². The number of hydrogen-bond donors (Lipinski definition) is 0. The Hall–Kier alpha value is -2.04. The first kappa shape index (κ1) is 13.0. The topological polar surface area (TPSA) is 63.2 Å². The third-order valence-corrected chi connectivity index (χ3v) is 2.60. The molecule has 0 heterocycles. The molecule has 1 rings (SSSR count). The van der Waals surface area contributed by atoms with Crippen LogP contribution in [0.2, 0.25) is 5.02 Å². The first-order valence-electron chi connectivity index (χ1n) is 4.91. The van der Waals surface area contributed by atoms with Gasteiger partial charge in [-0.15, -0.1) is 0 Å². The highest BCUT2D eigenvalue weighted by molar-refractivity contribution is 6.31. The van der Waals surface area contributed by atoms with Gasteiger partial charge in [0.05, 0.1) is 24.0 Å². The largest absolute Gasteiger partial charge is 0.269 e. The number of rotatable bonds is 3. The first-order valence-corrected chi connectivity index (χ1v) is 5.29. The molecule has 0 aliphatic rings. The maximum absolute atomic E-state index is 8.59. The monoisotopic (exact) mass is 246 g/mol. The Morgan fingerprint density at radius 2 is 2.06 bits per heavy atom. The van der Waals surface area contributed by atoms with Crippen LogP contribution >= 0.6 is 11.6 Å². The Kier molecular flexibility index (Phi) is 4.51. The van der Waals surface area contributed by atoms with Gasteiger partial charge in [-0.3, -0.25) is 5.01 Å². The molecule has 0 saturated carbocycles. The Labute approximate surface area is 105 Å². The second-order valence-electron chi connectivity index (χ2n) is 3.46. The third kappa shape index (κ3) is 3.48. The molecule has 0 fully saturated rings. The van der Waals surface area contributed by atoms with Gasteiger partial charge in [-0.05, 0) is 24.6 Å². The lowest BCUT2D eigenvalue weighted by molar-refractivity contribution is 1.00. The average Bonchev–Trinajstić information content (AvgIpc) is 2.33. The average molecular weight is 247 g/mol. The van der Waals surface area contributed by atoms with Crippen molar-refractivity contribution >= 4 is 23.5 Å². The van der Waals surface area contributed by atoms with Gasteiger partial charge in [-0.25, -0.2) is 0 Å². The molecule has 0 radical (unpaired) electrons. The van der Waals surface area contributed by atoms with Gasteiger partial charge in [0.15, 0.2) is 5.92 Å². The summed E-state index contributed by atoms with van der Waals surface area (Å²) in [5.74, 6) is -0.835. The standard InChI is InChI=1S/C12H11ClN4/c1-9-3-4-11(5-12(9)13)17(2)16-8-10(6-14)7-15/h3-5,8,10H,1-2H3. The summed E-state index contributed by atoms with van der Waals surface area (Å²) in [5.41, 5.74) is 1.78. The van der Waals surface area contributed by atoms with Crippen LogP contribution in [0.1, 0.15) is 5.56 Å². The zero-order valence-electron chi connectivity index (χ0n) is 9.55. The number of anilines is 1. The highest BCUT2D eigenvalue weighted by Gasteiger charge is 2.03.